The lowest BCUT2D eigenvalue weighted by molar-refractivity contribution is -0.117. The molecule has 0 saturated carbocycles. The predicted molar refractivity (Wildman–Crippen MR) is 85.4 cm³/mol. The van der Waals surface area contributed by atoms with Gasteiger partial charge in [-0.25, -0.2) is 0 Å². The molecule has 0 aliphatic heterocycles. The summed E-state index contributed by atoms with van der Waals surface area (Å²) in [6.45, 7) is 4.25. The van der Waals surface area contributed by atoms with Crippen LogP contribution in [0.3, 0.4) is 0 Å². The van der Waals surface area contributed by atoms with Crippen LogP contribution >= 0.6 is 22.6 Å². The second-order valence-corrected chi connectivity index (χ2v) is 6.79. The van der Waals surface area contributed by atoms with Crippen LogP contribution in [0.2, 0.25) is 0 Å². The van der Waals surface area contributed by atoms with Crippen molar-refractivity contribution >= 4 is 34.1 Å². The monoisotopic (exact) mass is 371 g/mol. The summed E-state index contributed by atoms with van der Waals surface area (Å²) in [6.07, 6.45) is 3.24. The lowest BCUT2D eigenvalue weighted by Crippen LogP contribution is -2.24. The molecule has 0 saturated heterocycles. The average Bonchev–Trinajstić information content (AvgIpc) is 2.29. The molecule has 102 valence electrons. The summed E-state index contributed by atoms with van der Waals surface area (Å²) in [5.41, 5.74) is 2.04. The maximum Gasteiger partial charge on any atom is 0.157 e. The molecule has 0 bridgehead atoms. The van der Waals surface area contributed by atoms with Crippen LogP contribution < -0.4 is 10.1 Å². The number of nitrogens with one attached hydrogen (secondary N) is 1. The van der Waals surface area contributed by atoms with Crippen molar-refractivity contribution in [2.75, 3.05) is 12.4 Å². The van der Waals surface area contributed by atoms with Gasteiger partial charge in [-0.2, -0.15) is 0 Å². The van der Waals surface area contributed by atoms with Crippen molar-refractivity contribution in [3.63, 3.8) is 0 Å². The number of benzene rings is 1. The van der Waals surface area contributed by atoms with Gasteiger partial charge in [0.2, 0.25) is 0 Å². The first kappa shape index (κ1) is 14.4. The molecule has 1 aliphatic carbocycles. The molecule has 4 heteroatoms. The van der Waals surface area contributed by atoms with Crippen LogP contribution in [0.4, 0.5) is 5.69 Å². The molecule has 0 unspecified atom stereocenters. The van der Waals surface area contributed by atoms with Crippen molar-refractivity contribution in [1.29, 1.82) is 0 Å². The van der Waals surface area contributed by atoms with Crippen LogP contribution in [-0.4, -0.2) is 12.9 Å². The van der Waals surface area contributed by atoms with Crippen molar-refractivity contribution in [3.05, 3.63) is 33.5 Å². The van der Waals surface area contributed by atoms with E-state index in [0.29, 0.717) is 6.42 Å². The summed E-state index contributed by atoms with van der Waals surface area (Å²) in [7, 11) is 1.66. The minimum Gasteiger partial charge on any atom is -0.497 e. The van der Waals surface area contributed by atoms with E-state index >= 15 is 0 Å². The number of rotatable bonds is 3. The third-order valence-corrected chi connectivity index (χ3v) is 4.02. The summed E-state index contributed by atoms with van der Waals surface area (Å²) in [6, 6.07) is 5.87. The second-order valence-electron chi connectivity index (χ2n) is 5.62. The first-order chi connectivity index (χ1) is 8.89. The van der Waals surface area contributed by atoms with Gasteiger partial charge in [0.25, 0.3) is 0 Å². The summed E-state index contributed by atoms with van der Waals surface area (Å²) in [5, 5.41) is 3.36. The molecule has 1 aliphatic rings. The van der Waals surface area contributed by atoms with E-state index in [-0.39, 0.29) is 11.2 Å². The van der Waals surface area contributed by atoms with Gasteiger partial charge in [-0.3, -0.25) is 4.79 Å². The Morgan fingerprint density at radius 1 is 1.32 bits per heavy atom. The number of ether oxygens (including phenoxy) is 1. The van der Waals surface area contributed by atoms with Gasteiger partial charge in [0.1, 0.15) is 5.75 Å². The van der Waals surface area contributed by atoms with E-state index in [1.807, 2.05) is 18.2 Å². The molecular weight excluding hydrogens is 353 g/mol. The zero-order chi connectivity index (χ0) is 14.0. The van der Waals surface area contributed by atoms with Gasteiger partial charge in [-0.05, 0) is 52.6 Å². The molecule has 3 nitrogen and oxygen atoms in total. The highest BCUT2D eigenvalue weighted by molar-refractivity contribution is 14.1. The first-order valence-corrected chi connectivity index (χ1v) is 7.31. The van der Waals surface area contributed by atoms with Gasteiger partial charge >= 0.3 is 0 Å². The van der Waals surface area contributed by atoms with Crippen molar-refractivity contribution in [3.8, 4) is 5.75 Å². The molecule has 2 rings (SSSR count). The molecule has 0 fully saturated rings. The molecule has 0 heterocycles. The minimum absolute atomic E-state index is 0.0338. The Hall–Kier alpha value is -1.04. The molecule has 0 radical (unpaired) electrons. The number of anilines is 1. The van der Waals surface area contributed by atoms with E-state index in [2.05, 4.69) is 41.8 Å². The van der Waals surface area contributed by atoms with Gasteiger partial charge in [0.05, 0.1) is 12.8 Å². The number of hydrogen-bond acceptors (Lipinski definition) is 3. The number of hydrogen-bond donors (Lipinski definition) is 1. The van der Waals surface area contributed by atoms with Crippen LogP contribution in [0.5, 0.6) is 5.75 Å². The second kappa shape index (κ2) is 5.53. The summed E-state index contributed by atoms with van der Waals surface area (Å²) < 4.78 is 6.27. The Morgan fingerprint density at radius 3 is 2.63 bits per heavy atom. The lowest BCUT2D eigenvalue weighted by Gasteiger charge is -2.29. The van der Waals surface area contributed by atoms with Crippen molar-refractivity contribution in [2.45, 2.75) is 26.7 Å². The van der Waals surface area contributed by atoms with Crippen LogP contribution in [0.25, 0.3) is 0 Å². The smallest absolute Gasteiger partial charge is 0.157 e. The number of methoxy groups -OCH3 is 1. The number of allylic oxidation sites excluding steroid dienone is 2. The Morgan fingerprint density at radius 2 is 2.05 bits per heavy atom. The van der Waals surface area contributed by atoms with Crippen molar-refractivity contribution in [1.82, 2.24) is 0 Å². The molecule has 0 aromatic heterocycles. The highest BCUT2D eigenvalue weighted by atomic mass is 127. The van der Waals surface area contributed by atoms with Crippen LogP contribution in [0, 0.1) is 8.99 Å². The van der Waals surface area contributed by atoms with Gasteiger partial charge in [0, 0.05) is 21.8 Å². The third kappa shape index (κ3) is 3.72. The Kier molecular flexibility index (Phi) is 4.18. The Labute approximate surface area is 127 Å². The van der Waals surface area contributed by atoms with Gasteiger partial charge in [-0.1, -0.05) is 13.8 Å². The number of ketones is 1. The zero-order valence-electron chi connectivity index (χ0n) is 11.4. The maximum atomic E-state index is 11.7. The standard InChI is InChI=1S/C15H18INO2/c1-15(2)8-10(6-11(18)9-15)17-14-5-4-12(19-3)7-13(14)16/h4-7,17H,8-9H2,1-3H3. The third-order valence-electron chi connectivity index (χ3n) is 3.13. The summed E-state index contributed by atoms with van der Waals surface area (Å²) >= 11 is 2.26. The molecule has 19 heavy (non-hydrogen) atoms. The molecule has 1 aromatic carbocycles. The fourth-order valence-corrected chi connectivity index (χ4v) is 2.95. The predicted octanol–water partition coefficient (Wildman–Crippen LogP) is 3.98. The number of halogens is 1. The first-order valence-electron chi connectivity index (χ1n) is 6.24. The topological polar surface area (TPSA) is 38.3 Å². The Bertz CT molecular complexity index is 535. The van der Waals surface area contributed by atoms with Crippen molar-refractivity contribution in [2.24, 2.45) is 5.41 Å². The van der Waals surface area contributed by atoms with Gasteiger partial charge in [0.15, 0.2) is 5.78 Å². The molecule has 0 amide bonds. The normalized spacial score (nSPS) is 17.9. The van der Waals surface area contributed by atoms with E-state index in [0.717, 1.165) is 27.1 Å². The largest absolute Gasteiger partial charge is 0.497 e. The van der Waals surface area contributed by atoms with Gasteiger partial charge < -0.3 is 10.1 Å². The molecule has 1 aromatic rings. The van der Waals surface area contributed by atoms with E-state index < -0.39 is 0 Å². The fourth-order valence-electron chi connectivity index (χ4n) is 2.32. The van der Waals surface area contributed by atoms with Crippen LogP contribution in [-0.2, 0) is 4.79 Å². The van der Waals surface area contributed by atoms with E-state index in [4.69, 9.17) is 4.74 Å². The molecule has 0 spiro atoms. The highest BCUT2D eigenvalue weighted by Crippen LogP contribution is 2.35. The van der Waals surface area contributed by atoms with E-state index in [1.165, 1.54) is 0 Å². The number of carbonyl (C=O) groups excluding carboxylic acids is 1. The van der Waals surface area contributed by atoms with Crippen LogP contribution in [0.1, 0.15) is 26.7 Å². The Balaban J connectivity index is 2.19. The maximum absolute atomic E-state index is 11.7. The number of carbonyl (C=O) groups is 1. The van der Waals surface area contributed by atoms with E-state index in [9.17, 15) is 4.79 Å². The lowest BCUT2D eigenvalue weighted by atomic mass is 9.79. The van der Waals surface area contributed by atoms with Crippen LogP contribution in [0.15, 0.2) is 30.0 Å². The highest BCUT2D eigenvalue weighted by Gasteiger charge is 2.27. The molecular formula is C15H18INO2. The SMILES string of the molecule is COc1ccc(NC2=CC(=O)CC(C)(C)C2)c(I)c1. The van der Waals surface area contributed by atoms with Crippen molar-refractivity contribution < 1.29 is 9.53 Å². The molecule has 0 atom stereocenters. The zero-order valence-corrected chi connectivity index (χ0v) is 13.6. The minimum atomic E-state index is 0.0338. The summed E-state index contributed by atoms with van der Waals surface area (Å²) in [5.74, 6) is 1.03. The van der Waals surface area contributed by atoms with E-state index in [1.54, 1.807) is 13.2 Å². The molecule has 1 N–H and O–H groups in total. The quantitative estimate of drug-likeness (QED) is 0.817. The summed E-state index contributed by atoms with van der Waals surface area (Å²) in [4.78, 5) is 11.7. The van der Waals surface area contributed by atoms with Gasteiger partial charge in [-0.15, -0.1) is 0 Å². The average molecular weight is 371 g/mol. The fraction of sp³-hybridized carbons (Fsp3) is 0.400.